The summed E-state index contributed by atoms with van der Waals surface area (Å²) in [5.41, 5.74) is -2.17. The van der Waals surface area contributed by atoms with Crippen LogP contribution in [0.15, 0.2) is 18.2 Å². The maximum absolute atomic E-state index is 13.6. The van der Waals surface area contributed by atoms with Crippen molar-refractivity contribution in [1.82, 2.24) is 4.90 Å². The Balaban J connectivity index is 2.34. The lowest BCUT2D eigenvalue weighted by Gasteiger charge is -2.31. The van der Waals surface area contributed by atoms with E-state index >= 15 is 0 Å². The molecule has 1 aliphatic heterocycles. The largest absolute Gasteiger partial charge is 0.480 e. The van der Waals surface area contributed by atoms with E-state index in [4.69, 9.17) is 0 Å². The molecule has 1 aromatic carbocycles. The number of carboxylic acid groups (broad SMARTS) is 1. The lowest BCUT2D eigenvalue weighted by molar-refractivity contribution is -0.387. The summed E-state index contributed by atoms with van der Waals surface area (Å²) in [4.78, 5) is 34.5. The molecule has 1 unspecified atom stereocenters. The fourth-order valence-electron chi connectivity index (χ4n) is 2.45. The number of carboxylic acids is 1. The zero-order valence-electron chi connectivity index (χ0n) is 11.2. The minimum atomic E-state index is -1.34. The first-order chi connectivity index (χ1) is 9.77. The Morgan fingerprint density at radius 2 is 2.14 bits per heavy atom. The topological polar surface area (TPSA) is 101 Å². The van der Waals surface area contributed by atoms with Gasteiger partial charge in [-0.1, -0.05) is 0 Å². The quantitative estimate of drug-likeness (QED) is 0.677. The zero-order valence-corrected chi connectivity index (χ0v) is 11.2. The standard InChI is InChI=1S/C13H13FN2O5/c1-13(12(18)19)5-2-6-15(13)11(17)8-3-4-10(16(20)21)9(14)7-8/h3-4,7H,2,5-6H2,1H3,(H,18,19). The van der Waals surface area contributed by atoms with Crippen LogP contribution in [-0.4, -0.2) is 38.9 Å². The predicted molar refractivity (Wildman–Crippen MR) is 69.4 cm³/mol. The SMILES string of the molecule is CC1(C(=O)O)CCCN1C(=O)c1ccc([N+](=O)[O-])c(F)c1. The minimum Gasteiger partial charge on any atom is -0.480 e. The second-order valence-electron chi connectivity index (χ2n) is 5.06. The number of amides is 1. The van der Waals surface area contributed by atoms with Crippen molar-refractivity contribution in [2.24, 2.45) is 0 Å². The Labute approximate surface area is 119 Å². The molecule has 0 bridgehead atoms. The maximum atomic E-state index is 13.6. The Bertz CT molecular complexity index is 633. The van der Waals surface area contributed by atoms with Gasteiger partial charge in [0.25, 0.3) is 5.91 Å². The van der Waals surface area contributed by atoms with Crippen LogP contribution in [0, 0.1) is 15.9 Å². The van der Waals surface area contributed by atoms with Crippen molar-refractivity contribution in [3.63, 3.8) is 0 Å². The van der Waals surface area contributed by atoms with Crippen molar-refractivity contribution in [2.75, 3.05) is 6.54 Å². The number of hydrogen-bond donors (Lipinski definition) is 1. The van der Waals surface area contributed by atoms with E-state index in [1.807, 2.05) is 0 Å². The van der Waals surface area contributed by atoms with Crippen LogP contribution in [0.1, 0.15) is 30.1 Å². The van der Waals surface area contributed by atoms with Crippen LogP contribution in [0.25, 0.3) is 0 Å². The molecule has 0 saturated carbocycles. The summed E-state index contributed by atoms with van der Waals surface area (Å²) in [6.07, 6.45) is 0.841. The molecule has 112 valence electrons. The zero-order chi connectivity index (χ0) is 15.8. The van der Waals surface area contributed by atoms with Gasteiger partial charge in [0, 0.05) is 18.2 Å². The van der Waals surface area contributed by atoms with E-state index in [1.165, 1.54) is 6.92 Å². The van der Waals surface area contributed by atoms with Crippen LogP contribution >= 0.6 is 0 Å². The summed E-state index contributed by atoms with van der Waals surface area (Å²) in [5, 5.41) is 19.8. The molecule has 0 radical (unpaired) electrons. The van der Waals surface area contributed by atoms with Crippen molar-refractivity contribution < 1.29 is 24.0 Å². The van der Waals surface area contributed by atoms with Crippen molar-refractivity contribution >= 4 is 17.6 Å². The number of carbonyl (C=O) groups excluding carboxylic acids is 1. The number of benzene rings is 1. The molecular weight excluding hydrogens is 283 g/mol. The third-order valence-electron chi connectivity index (χ3n) is 3.74. The smallest absolute Gasteiger partial charge is 0.329 e. The van der Waals surface area contributed by atoms with E-state index in [1.54, 1.807) is 0 Å². The number of nitrogens with zero attached hydrogens (tertiary/aromatic N) is 2. The lowest BCUT2D eigenvalue weighted by atomic mass is 9.98. The fraction of sp³-hybridized carbons (Fsp3) is 0.385. The van der Waals surface area contributed by atoms with Crippen molar-refractivity contribution in [3.05, 3.63) is 39.7 Å². The monoisotopic (exact) mass is 296 g/mol. The molecule has 1 fully saturated rings. The van der Waals surface area contributed by atoms with Crippen LogP contribution in [-0.2, 0) is 4.79 Å². The van der Waals surface area contributed by atoms with E-state index in [9.17, 15) is 29.2 Å². The molecule has 0 aliphatic carbocycles. The Kier molecular flexibility index (Phi) is 3.63. The number of nitro benzene ring substituents is 1. The third-order valence-corrected chi connectivity index (χ3v) is 3.74. The summed E-state index contributed by atoms with van der Waals surface area (Å²) in [7, 11) is 0. The van der Waals surface area contributed by atoms with Crippen LogP contribution in [0.3, 0.4) is 0 Å². The van der Waals surface area contributed by atoms with E-state index in [2.05, 4.69) is 0 Å². The first-order valence-electron chi connectivity index (χ1n) is 6.26. The molecule has 21 heavy (non-hydrogen) atoms. The lowest BCUT2D eigenvalue weighted by Crippen LogP contribution is -2.50. The highest BCUT2D eigenvalue weighted by atomic mass is 19.1. The predicted octanol–water partition coefficient (Wildman–Crippen LogP) is 1.81. The molecule has 1 saturated heterocycles. The van der Waals surface area contributed by atoms with Gasteiger partial charge in [-0.3, -0.25) is 14.9 Å². The molecule has 1 amide bonds. The average molecular weight is 296 g/mol. The highest BCUT2D eigenvalue weighted by molar-refractivity contribution is 5.98. The molecular formula is C13H13FN2O5. The van der Waals surface area contributed by atoms with Crippen LogP contribution in [0.4, 0.5) is 10.1 Å². The first kappa shape index (κ1) is 14.9. The second kappa shape index (κ2) is 5.12. The number of aliphatic carboxylic acids is 1. The van der Waals surface area contributed by atoms with Gasteiger partial charge in [0.05, 0.1) is 4.92 Å². The van der Waals surface area contributed by atoms with Crippen molar-refractivity contribution in [1.29, 1.82) is 0 Å². The van der Waals surface area contributed by atoms with E-state index in [-0.39, 0.29) is 12.1 Å². The molecule has 2 rings (SSSR count). The van der Waals surface area contributed by atoms with Gasteiger partial charge in [0.2, 0.25) is 5.82 Å². The number of likely N-dealkylation sites (tertiary alicyclic amines) is 1. The van der Waals surface area contributed by atoms with E-state index in [0.717, 1.165) is 23.1 Å². The number of carbonyl (C=O) groups is 2. The molecule has 1 N–H and O–H groups in total. The highest BCUT2D eigenvalue weighted by Crippen LogP contribution is 2.31. The maximum Gasteiger partial charge on any atom is 0.329 e. The van der Waals surface area contributed by atoms with Crippen molar-refractivity contribution in [3.8, 4) is 0 Å². The van der Waals surface area contributed by atoms with Gasteiger partial charge in [0.15, 0.2) is 0 Å². The molecule has 1 aliphatic rings. The summed E-state index contributed by atoms with van der Waals surface area (Å²) in [5.74, 6) is -2.90. The van der Waals surface area contributed by atoms with Crippen LogP contribution in [0.2, 0.25) is 0 Å². The normalized spacial score (nSPS) is 21.3. The first-order valence-corrected chi connectivity index (χ1v) is 6.26. The molecule has 0 spiro atoms. The number of hydrogen-bond acceptors (Lipinski definition) is 4. The number of rotatable bonds is 3. The number of halogens is 1. The molecule has 7 nitrogen and oxygen atoms in total. The number of nitro groups is 1. The summed E-state index contributed by atoms with van der Waals surface area (Å²) < 4.78 is 13.6. The van der Waals surface area contributed by atoms with Gasteiger partial charge in [-0.15, -0.1) is 0 Å². The second-order valence-corrected chi connectivity index (χ2v) is 5.06. The van der Waals surface area contributed by atoms with Gasteiger partial charge in [-0.05, 0) is 31.9 Å². The van der Waals surface area contributed by atoms with E-state index < -0.39 is 33.8 Å². The summed E-state index contributed by atoms with van der Waals surface area (Å²) in [6, 6.07) is 2.79. The molecule has 1 aromatic rings. The fourth-order valence-corrected chi connectivity index (χ4v) is 2.45. The van der Waals surface area contributed by atoms with Crippen molar-refractivity contribution in [2.45, 2.75) is 25.3 Å². The molecule has 8 heteroatoms. The Hall–Kier alpha value is -2.51. The van der Waals surface area contributed by atoms with Gasteiger partial charge in [0.1, 0.15) is 5.54 Å². The van der Waals surface area contributed by atoms with Gasteiger partial charge < -0.3 is 10.0 Å². The Morgan fingerprint density at radius 1 is 1.48 bits per heavy atom. The van der Waals surface area contributed by atoms with Gasteiger partial charge in [-0.25, -0.2) is 4.79 Å². The summed E-state index contributed by atoms with van der Waals surface area (Å²) >= 11 is 0. The average Bonchev–Trinajstić information content (AvgIpc) is 2.80. The summed E-state index contributed by atoms with van der Waals surface area (Å²) in [6.45, 7) is 1.68. The minimum absolute atomic E-state index is 0.104. The molecule has 1 atom stereocenters. The van der Waals surface area contributed by atoms with Crippen LogP contribution in [0.5, 0.6) is 0 Å². The van der Waals surface area contributed by atoms with E-state index in [0.29, 0.717) is 12.8 Å². The highest BCUT2D eigenvalue weighted by Gasteiger charge is 2.46. The third kappa shape index (κ3) is 2.44. The molecule has 1 heterocycles. The van der Waals surface area contributed by atoms with Gasteiger partial charge in [-0.2, -0.15) is 4.39 Å². The molecule has 0 aromatic heterocycles. The van der Waals surface area contributed by atoms with Crippen LogP contribution < -0.4 is 0 Å². The van der Waals surface area contributed by atoms with Gasteiger partial charge >= 0.3 is 11.7 Å². The Morgan fingerprint density at radius 3 is 2.67 bits per heavy atom.